The average Bonchev–Trinajstić information content (AvgIpc) is 3.46. The monoisotopic (exact) mass is 513 g/mol. The third kappa shape index (κ3) is 4.81. The Morgan fingerprint density at radius 3 is 2.43 bits per heavy atom. The molecule has 0 saturated carbocycles. The van der Waals surface area contributed by atoms with Gasteiger partial charge in [0.05, 0.1) is 21.6 Å². The van der Waals surface area contributed by atoms with Crippen molar-refractivity contribution >= 4 is 33.1 Å². The third-order valence-corrected chi connectivity index (χ3v) is 7.57. The smallest absolute Gasteiger partial charge is 0.331 e. The van der Waals surface area contributed by atoms with Crippen LogP contribution < -0.4 is 0 Å². The van der Waals surface area contributed by atoms with Gasteiger partial charge in [-0.05, 0) is 43.7 Å². The molecule has 0 N–H and O–H groups in total. The summed E-state index contributed by atoms with van der Waals surface area (Å²) >= 11 is 0. The van der Waals surface area contributed by atoms with Gasteiger partial charge in [0, 0.05) is 35.2 Å². The van der Waals surface area contributed by atoms with Gasteiger partial charge in [-0.25, -0.2) is 17.2 Å². The molecule has 0 saturated heterocycles. The highest BCUT2D eigenvalue weighted by Crippen LogP contribution is 2.32. The van der Waals surface area contributed by atoms with Gasteiger partial charge in [0.1, 0.15) is 12.4 Å². The molecule has 0 amide bonds. The normalized spacial score (nSPS) is 11.8. The highest BCUT2D eigenvalue weighted by molar-refractivity contribution is 7.90. The molecule has 5 rings (SSSR count). The maximum atomic E-state index is 13.6. The van der Waals surface area contributed by atoms with Gasteiger partial charge in [-0.2, -0.15) is 0 Å². The fourth-order valence-electron chi connectivity index (χ4n) is 4.09. The van der Waals surface area contributed by atoms with Crippen molar-refractivity contribution in [3.8, 4) is 11.1 Å². The van der Waals surface area contributed by atoms with Crippen molar-refractivity contribution in [1.82, 2.24) is 14.1 Å². The lowest BCUT2D eigenvalue weighted by Gasteiger charge is -2.08. The lowest BCUT2D eigenvalue weighted by Crippen LogP contribution is -2.11. The second-order valence-electron chi connectivity index (χ2n) is 8.42. The molecule has 3 aromatic heterocycles. The standard InChI is InChI=1S/C28H23N3O5S/c1-19-27(20(2)36-30-19)23-15-25-28(29-16-23)22(13-14-26(32)35-18-21-9-5-3-6-10-21)17-31(25)37(33,34)24-11-7-4-8-12-24/h3-17H,18H2,1-2H3/b14-13+. The minimum Gasteiger partial charge on any atom is -0.458 e. The first-order chi connectivity index (χ1) is 17.8. The minimum atomic E-state index is -3.95. The van der Waals surface area contributed by atoms with Crippen LogP contribution in [0.4, 0.5) is 0 Å². The highest BCUT2D eigenvalue weighted by atomic mass is 32.2. The second kappa shape index (κ2) is 9.87. The van der Waals surface area contributed by atoms with Gasteiger partial charge in [0.2, 0.25) is 0 Å². The number of rotatable bonds is 7. The number of esters is 1. The van der Waals surface area contributed by atoms with Gasteiger partial charge in [-0.15, -0.1) is 0 Å². The van der Waals surface area contributed by atoms with Crippen LogP contribution in [0.3, 0.4) is 0 Å². The number of pyridine rings is 1. The minimum absolute atomic E-state index is 0.132. The first-order valence-corrected chi connectivity index (χ1v) is 12.9. The molecule has 5 aromatic rings. The van der Waals surface area contributed by atoms with E-state index in [1.807, 2.05) is 37.3 Å². The van der Waals surface area contributed by atoms with Crippen LogP contribution >= 0.6 is 0 Å². The van der Waals surface area contributed by atoms with Crippen LogP contribution in [-0.4, -0.2) is 28.5 Å². The van der Waals surface area contributed by atoms with E-state index >= 15 is 0 Å². The highest BCUT2D eigenvalue weighted by Gasteiger charge is 2.23. The molecule has 0 fully saturated rings. The van der Waals surface area contributed by atoms with Crippen molar-refractivity contribution < 1.29 is 22.5 Å². The fourth-order valence-corrected chi connectivity index (χ4v) is 5.47. The van der Waals surface area contributed by atoms with Gasteiger partial charge < -0.3 is 9.26 Å². The van der Waals surface area contributed by atoms with Crippen molar-refractivity contribution in [1.29, 1.82) is 0 Å². The van der Waals surface area contributed by atoms with Crippen molar-refractivity contribution in [3.63, 3.8) is 0 Å². The van der Waals surface area contributed by atoms with Crippen LogP contribution in [0.2, 0.25) is 0 Å². The van der Waals surface area contributed by atoms with Gasteiger partial charge in [0.25, 0.3) is 10.0 Å². The number of carbonyl (C=O) groups is 1. The Balaban J connectivity index is 1.56. The SMILES string of the molecule is Cc1noc(C)c1-c1cnc2c(/C=C/C(=O)OCc3ccccc3)cn(S(=O)(=O)c3ccccc3)c2c1. The van der Waals surface area contributed by atoms with Crippen LogP contribution in [0.1, 0.15) is 22.6 Å². The van der Waals surface area contributed by atoms with Crippen LogP contribution in [0.15, 0.2) is 94.6 Å². The molecule has 0 unspecified atom stereocenters. The molecule has 0 spiro atoms. The van der Waals surface area contributed by atoms with E-state index in [1.54, 1.807) is 37.4 Å². The molecule has 0 aliphatic carbocycles. The zero-order valence-corrected chi connectivity index (χ0v) is 21.0. The molecule has 9 heteroatoms. The molecule has 8 nitrogen and oxygen atoms in total. The largest absolute Gasteiger partial charge is 0.458 e. The Kier molecular flexibility index (Phi) is 6.45. The van der Waals surface area contributed by atoms with Crippen LogP contribution in [0, 0.1) is 13.8 Å². The van der Waals surface area contributed by atoms with E-state index < -0.39 is 16.0 Å². The summed E-state index contributed by atoms with van der Waals surface area (Å²) < 4.78 is 38.9. The molecular formula is C28H23N3O5S. The van der Waals surface area contributed by atoms with Crippen molar-refractivity contribution in [3.05, 3.63) is 108 Å². The van der Waals surface area contributed by atoms with E-state index in [4.69, 9.17) is 9.26 Å². The first-order valence-electron chi connectivity index (χ1n) is 11.5. The Morgan fingerprint density at radius 1 is 1.05 bits per heavy atom. The van der Waals surface area contributed by atoms with E-state index in [9.17, 15) is 13.2 Å². The van der Waals surface area contributed by atoms with E-state index in [1.165, 1.54) is 34.5 Å². The Labute approximate surface area is 213 Å². The predicted octanol–water partition coefficient (Wildman–Crippen LogP) is 5.30. The fraction of sp³-hybridized carbons (Fsp3) is 0.107. The summed E-state index contributed by atoms with van der Waals surface area (Å²) in [7, 11) is -3.95. The van der Waals surface area contributed by atoms with Crippen molar-refractivity contribution in [2.45, 2.75) is 25.3 Å². The van der Waals surface area contributed by atoms with Crippen LogP contribution in [0.25, 0.3) is 28.2 Å². The molecule has 0 radical (unpaired) electrons. The number of nitrogens with zero attached hydrogens (tertiary/aromatic N) is 3. The number of benzene rings is 2. The summed E-state index contributed by atoms with van der Waals surface area (Å²) in [6.07, 6.45) is 5.87. The van der Waals surface area contributed by atoms with Gasteiger partial charge in [0.15, 0.2) is 0 Å². The zero-order chi connectivity index (χ0) is 26.0. The Morgan fingerprint density at radius 2 is 1.76 bits per heavy atom. The number of hydrogen-bond donors (Lipinski definition) is 0. The summed E-state index contributed by atoms with van der Waals surface area (Å²) in [6, 6.07) is 19.2. The summed E-state index contributed by atoms with van der Waals surface area (Å²) in [5, 5.41) is 3.99. The van der Waals surface area contributed by atoms with Crippen molar-refractivity contribution in [2.24, 2.45) is 0 Å². The number of ether oxygens (including phenoxy) is 1. The van der Waals surface area contributed by atoms with Gasteiger partial charge in [-0.1, -0.05) is 53.7 Å². The molecule has 0 aliphatic heterocycles. The summed E-state index contributed by atoms with van der Waals surface area (Å²) in [5.74, 6) is 0.0481. The third-order valence-electron chi connectivity index (χ3n) is 5.88. The number of fused-ring (bicyclic) bond motifs is 1. The first kappa shape index (κ1) is 24.2. The molecule has 37 heavy (non-hydrogen) atoms. The van der Waals surface area contributed by atoms with Gasteiger partial charge >= 0.3 is 5.97 Å². The van der Waals surface area contributed by atoms with Crippen molar-refractivity contribution in [2.75, 3.05) is 0 Å². The topological polar surface area (TPSA) is 104 Å². The van der Waals surface area contributed by atoms with E-state index in [0.29, 0.717) is 33.6 Å². The lowest BCUT2D eigenvalue weighted by molar-refractivity contribution is -0.138. The number of aromatic nitrogens is 3. The summed E-state index contributed by atoms with van der Waals surface area (Å²) in [5.41, 5.74) is 4.19. The summed E-state index contributed by atoms with van der Waals surface area (Å²) in [6.45, 7) is 3.73. The number of aryl methyl sites for hydroxylation is 2. The maximum Gasteiger partial charge on any atom is 0.331 e. The predicted molar refractivity (Wildman–Crippen MR) is 139 cm³/mol. The summed E-state index contributed by atoms with van der Waals surface area (Å²) in [4.78, 5) is 17.1. The molecular weight excluding hydrogens is 490 g/mol. The van der Waals surface area contributed by atoms with E-state index in [0.717, 1.165) is 11.1 Å². The Bertz CT molecular complexity index is 1700. The Hall–Kier alpha value is -4.50. The molecule has 0 atom stereocenters. The second-order valence-corrected chi connectivity index (χ2v) is 10.2. The quantitative estimate of drug-likeness (QED) is 0.215. The molecule has 0 aliphatic rings. The van der Waals surface area contributed by atoms with E-state index in [2.05, 4.69) is 10.1 Å². The van der Waals surface area contributed by atoms with E-state index in [-0.39, 0.29) is 11.5 Å². The molecule has 186 valence electrons. The number of hydrogen-bond acceptors (Lipinski definition) is 7. The van der Waals surface area contributed by atoms with Crippen LogP contribution in [0.5, 0.6) is 0 Å². The lowest BCUT2D eigenvalue weighted by atomic mass is 10.1. The maximum absolute atomic E-state index is 13.6. The molecule has 2 aromatic carbocycles. The zero-order valence-electron chi connectivity index (χ0n) is 20.2. The number of carbonyl (C=O) groups excluding carboxylic acids is 1. The molecule has 3 heterocycles. The molecule has 0 bridgehead atoms. The average molecular weight is 514 g/mol. The van der Waals surface area contributed by atoms with Crippen LogP contribution in [-0.2, 0) is 26.2 Å². The van der Waals surface area contributed by atoms with Gasteiger partial charge in [-0.3, -0.25) is 4.98 Å².